The van der Waals surface area contributed by atoms with Gasteiger partial charge in [-0.1, -0.05) is 18.2 Å². The minimum atomic E-state index is -0.259. The minimum Gasteiger partial charge on any atom is -0.487 e. The Balaban J connectivity index is 2.01. The van der Waals surface area contributed by atoms with E-state index < -0.39 is 0 Å². The van der Waals surface area contributed by atoms with Crippen LogP contribution in [-0.4, -0.2) is 18.6 Å². The summed E-state index contributed by atoms with van der Waals surface area (Å²) < 4.78 is 20.1. The number of halogens is 1. The summed E-state index contributed by atoms with van der Waals surface area (Å²) in [6.45, 7) is 5.94. The number of nitrogens with one attached hydrogen (secondary N) is 1. The van der Waals surface area contributed by atoms with Crippen molar-refractivity contribution in [2.45, 2.75) is 33.3 Å². The highest BCUT2D eigenvalue weighted by molar-refractivity contribution is 5.78. The quantitative estimate of drug-likeness (QED) is 0.941. The van der Waals surface area contributed by atoms with Gasteiger partial charge in [0.1, 0.15) is 17.7 Å². The average Bonchev–Trinajstić information content (AvgIpc) is 2.87. The fourth-order valence-electron chi connectivity index (χ4n) is 3.19. The molecule has 1 aliphatic heterocycles. The molecule has 0 radical (unpaired) electrons. The minimum absolute atomic E-state index is 0.0919. The predicted molar refractivity (Wildman–Crippen MR) is 88.1 cm³/mol. The maximum Gasteiger partial charge on any atom is 0.217 e. The van der Waals surface area contributed by atoms with E-state index in [1.165, 1.54) is 19.1 Å². The van der Waals surface area contributed by atoms with Crippen LogP contribution in [0, 0.1) is 19.7 Å². The van der Waals surface area contributed by atoms with E-state index in [9.17, 15) is 9.18 Å². The second-order valence-electron chi connectivity index (χ2n) is 6.09. The molecule has 1 unspecified atom stereocenters. The third-order valence-corrected chi connectivity index (χ3v) is 4.19. The van der Waals surface area contributed by atoms with Crippen LogP contribution in [0.2, 0.25) is 0 Å². The van der Waals surface area contributed by atoms with Crippen molar-refractivity contribution in [3.05, 3.63) is 52.8 Å². The molecule has 1 atom stereocenters. The third-order valence-electron chi connectivity index (χ3n) is 4.19. The van der Waals surface area contributed by atoms with Gasteiger partial charge >= 0.3 is 0 Å². The van der Waals surface area contributed by atoms with Gasteiger partial charge < -0.3 is 10.1 Å². The van der Waals surface area contributed by atoms with Gasteiger partial charge in [0, 0.05) is 24.5 Å². The number of fused-ring (bicyclic) bond motifs is 1. The number of ether oxygens (including phenoxy) is 1. The molecule has 23 heavy (non-hydrogen) atoms. The van der Waals surface area contributed by atoms with Crippen LogP contribution in [0.15, 0.2) is 30.3 Å². The highest BCUT2D eigenvalue weighted by Crippen LogP contribution is 2.41. The third kappa shape index (κ3) is 3.07. The first-order valence-electron chi connectivity index (χ1n) is 7.76. The van der Waals surface area contributed by atoms with Crippen LogP contribution in [0.5, 0.6) is 5.75 Å². The van der Waals surface area contributed by atoms with E-state index in [4.69, 9.17) is 4.74 Å². The summed E-state index contributed by atoms with van der Waals surface area (Å²) in [4.78, 5) is 11.1. The van der Waals surface area contributed by atoms with E-state index in [1.54, 1.807) is 0 Å². The van der Waals surface area contributed by atoms with E-state index in [0.29, 0.717) is 13.0 Å². The van der Waals surface area contributed by atoms with Crippen LogP contribution in [0.25, 0.3) is 11.1 Å². The molecule has 4 heteroatoms. The second kappa shape index (κ2) is 6.03. The first-order valence-corrected chi connectivity index (χ1v) is 7.76. The van der Waals surface area contributed by atoms with E-state index in [0.717, 1.165) is 33.6 Å². The molecule has 1 amide bonds. The molecule has 0 spiro atoms. The Morgan fingerprint density at radius 3 is 2.65 bits per heavy atom. The number of carbonyl (C=O) groups excluding carboxylic acids is 1. The Bertz CT molecular complexity index is 750. The molecule has 0 aliphatic carbocycles. The van der Waals surface area contributed by atoms with E-state index in [2.05, 4.69) is 5.32 Å². The molecule has 3 rings (SSSR count). The maximum atomic E-state index is 14.1. The van der Waals surface area contributed by atoms with Gasteiger partial charge in [0.25, 0.3) is 0 Å². The summed E-state index contributed by atoms with van der Waals surface area (Å²) in [6.07, 6.45) is 0.449. The standard InChI is InChI=1S/C19H20FNO2/c1-11-5-4-6-12(2)18(11)17-9-15(20)7-14-8-16(23-19(14)17)10-21-13(3)22/h4-7,9,16H,8,10H2,1-3H3,(H,21,22). The number of benzene rings is 2. The number of hydrogen-bond acceptors (Lipinski definition) is 2. The lowest BCUT2D eigenvalue weighted by Crippen LogP contribution is -2.32. The molecule has 0 bridgehead atoms. The molecule has 0 fully saturated rings. The van der Waals surface area contributed by atoms with E-state index >= 15 is 0 Å². The fourth-order valence-corrected chi connectivity index (χ4v) is 3.19. The lowest BCUT2D eigenvalue weighted by molar-refractivity contribution is -0.119. The highest BCUT2D eigenvalue weighted by atomic mass is 19.1. The number of amides is 1. The van der Waals surface area contributed by atoms with Crippen molar-refractivity contribution in [1.82, 2.24) is 5.32 Å². The highest BCUT2D eigenvalue weighted by Gasteiger charge is 2.27. The summed E-state index contributed by atoms with van der Waals surface area (Å²) in [7, 11) is 0. The van der Waals surface area contributed by atoms with Crippen LogP contribution in [0.1, 0.15) is 23.6 Å². The molecule has 1 heterocycles. The number of carbonyl (C=O) groups is 1. The van der Waals surface area contributed by atoms with E-state index in [-0.39, 0.29) is 17.8 Å². The summed E-state index contributed by atoms with van der Waals surface area (Å²) in [6, 6.07) is 9.09. The van der Waals surface area contributed by atoms with Gasteiger partial charge in [-0.3, -0.25) is 4.79 Å². The Morgan fingerprint density at radius 1 is 1.30 bits per heavy atom. The molecular formula is C19H20FNO2. The van der Waals surface area contributed by atoms with Gasteiger partial charge in [0.05, 0.1) is 6.54 Å². The summed E-state index contributed by atoms with van der Waals surface area (Å²) >= 11 is 0. The Hall–Kier alpha value is -2.36. The van der Waals surface area contributed by atoms with Crippen LogP contribution in [0.4, 0.5) is 4.39 Å². The van der Waals surface area contributed by atoms with Gasteiger partial charge in [0.15, 0.2) is 0 Å². The molecular weight excluding hydrogens is 293 g/mol. The molecule has 2 aromatic rings. The van der Waals surface area contributed by atoms with Crippen LogP contribution >= 0.6 is 0 Å². The lowest BCUT2D eigenvalue weighted by atomic mass is 9.93. The van der Waals surface area contributed by atoms with Crippen LogP contribution in [0.3, 0.4) is 0 Å². The molecule has 3 nitrogen and oxygen atoms in total. The zero-order valence-electron chi connectivity index (χ0n) is 13.6. The molecule has 2 aromatic carbocycles. The SMILES string of the molecule is CC(=O)NCC1Cc2cc(F)cc(-c3c(C)cccc3C)c2O1. The van der Waals surface area contributed by atoms with E-state index in [1.807, 2.05) is 32.0 Å². The van der Waals surface area contributed by atoms with Crippen molar-refractivity contribution in [2.24, 2.45) is 0 Å². The summed E-state index contributed by atoms with van der Waals surface area (Å²) in [5, 5.41) is 2.76. The van der Waals surface area contributed by atoms with Crippen LogP contribution < -0.4 is 10.1 Å². The van der Waals surface area contributed by atoms with Crippen LogP contribution in [-0.2, 0) is 11.2 Å². The van der Waals surface area contributed by atoms with Crippen molar-refractivity contribution in [3.8, 4) is 16.9 Å². The van der Waals surface area contributed by atoms with Gasteiger partial charge in [-0.25, -0.2) is 4.39 Å². The first kappa shape index (κ1) is 15.5. The van der Waals surface area contributed by atoms with Crippen molar-refractivity contribution in [3.63, 3.8) is 0 Å². The number of rotatable bonds is 3. The first-order chi connectivity index (χ1) is 11.0. The molecule has 1 aliphatic rings. The monoisotopic (exact) mass is 313 g/mol. The second-order valence-corrected chi connectivity index (χ2v) is 6.09. The topological polar surface area (TPSA) is 38.3 Å². The normalized spacial score (nSPS) is 15.9. The summed E-state index contributed by atoms with van der Waals surface area (Å²) in [5.74, 6) is 0.384. The summed E-state index contributed by atoms with van der Waals surface area (Å²) in [5.41, 5.74) is 4.85. The number of aryl methyl sites for hydroxylation is 2. The average molecular weight is 313 g/mol. The van der Waals surface area contributed by atoms with Gasteiger partial charge in [-0.05, 0) is 42.7 Å². The molecule has 1 N–H and O–H groups in total. The van der Waals surface area contributed by atoms with Crippen molar-refractivity contribution in [1.29, 1.82) is 0 Å². The largest absolute Gasteiger partial charge is 0.487 e. The smallest absolute Gasteiger partial charge is 0.217 e. The molecule has 0 saturated carbocycles. The zero-order valence-corrected chi connectivity index (χ0v) is 13.6. The zero-order chi connectivity index (χ0) is 16.6. The Kier molecular flexibility index (Phi) is 4.07. The van der Waals surface area contributed by atoms with Gasteiger partial charge in [-0.15, -0.1) is 0 Å². The number of hydrogen-bond donors (Lipinski definition) is 1. The van der Waals surface area contributed by atoms with Crippen molar-refractivity contribution < 1.29 is 13.9 Å². The van der Waals surface area contributed by atoms with Gasteiger partial charge in [0.2, 0.25) is 5.91 Å². The van der Waals surface area contributed by atoms with Crippen molar-refractivity contribution in [2.75, 3.05) is 6.54 Å². The lowest BCUT2D eigenvalue weighted by Gasteiger charge is -2.16. The predicted octanol–water partition coefficient (Wildman–Crippen LogP) is 3.55. The molecule has 0 saturated heterocycles. The molecule has 120 valence electrons. The molecule has 0 aromatic heterocycles. The Labute approximate surface area is 135 Å². The Morgan fingerprint density at radius 2 is 2.00 bits per heavy atom. The van der Waals surface area contributed by atoms with Crippen molar-refractivity contribution >= 4 is 5.91 Å². The maximum absolute atomic E-state index is 14.1. The fraction of sp³-hybridized carbons (Fsp3) is 0.316. The van der Waals surface area contributed by atoms with Gasteiger partial charge in [-0.2, -0.15) is 0 Å².